The molecule has 0 rings (SSSR count). The molecule has 7 nitrogen and oxygen atoms in total. The molecule has 126 valence electrons. The first-order valence-corrected chi connectivity index (χ1v) is 6.78. The van der Waals surface area contributed by atoms with Crippen LogP contribution in [0.25, 0.3) is 0 Å². The van der Waals surface area contributed by atoms with Crippen molar-refractivity contribution >= 4 is 35.8 Å². The molecule has 0 aromatic rings. The Morgan fingerprint density at radius 1 is 1.19 bits per heavy atom. The molecule has 0 atom stereocenters. The van der Waals surface area contributed by atoms with E-state index in [4.69, 9.17) is 9.47 Å². The molecular formula is C13H29IN4O3. The van der Waals surface area contributed by atoms with Gasteiger partial charge in [0.25, 0.3) is 0 Å². The maximum absolute atomic E-state index is 11.5. The number of carbonyl (C=O) groups excluding carboxylic acids is 1. The van der Waals surface area contributed by atoms with E-state index in [2.05, 4.69) is 20.9 Å². The third-order valence-electron chi connectivity index (χ3n) is 2.59. The van der Waals surface area contributed by atoms with Crippen molar-refractivity contribution in [2.45, 2.75) is 26.4 Å². The van der Waals surface area contributed by atoms with Crippen LogP contribution in [0.15, 0.2) is 4.99 Å². The van der Waals surface area contributed by atoms with Crippen LogP contribution in [0.2, 0.25) is 0 Å². The monoisotopic (exact) mass is 416 g/mol. The average Bonchev–Trinajstić information content (AvgIpc) is 2.42. The Morgan fingerprint density at radius 3 is 2.38 bits per heavy atom. The third-order valence-corrected chi connectivity index (χ3v) is 2.59. The molecule has 0 saturated heterocycles. The van der Waals surface area contributed by atoms with Crippen LogP contribution >= 0.6 is 24.0 Å². The fourth-order valence-corrected chi connectivity index (χ4v) is 1.21. The van der Waals surface area contributed by atoms with Crippen molar-refractivity contribution in [1.82, 2.24) is 16.0 Å². The molecule has 0 heterocycles. The van der Waals surface area contributed by atoms with Crippen LogP contribution in [-0.4, -0.2) is 64.5 Å². The fourth-order valence-electron chi connectivity index (χ4n) is 1.21. The molecule has 0 unspecified atom stereocenters. The maximum atomic E-state index is 11.5. The Balaban J connectivity index is 0. The molecule has 0 spiro atoms. The van der Waals surface area contributed by atoms with Crippen LogP contribution in [0.5, 0.6) is 0 Å². The normalized spacial score (nSPS) is 11.6. The van der Waals surface area contributed by atoms with E-state index in [1.807, 2.05) is 20.8 Å². The van der Waals surface area contributed by atoms with E-state index < -0.39 is 0 Å². The Kier molecular flexibility index (Phi) is 14.1. The number of hydrogen-bond donors (Lipinski definition) is 3. The van der Waals surface area contributed by atoms with E-state index in [1.54, 1.807) is 14.2 Å². The molecule has 8 heteroatoms. The van der Waals surface area contributed by atoms with Crippen LogP contribution in [0.3, 0.4) is 0 Å². The molecule has 0 saturated carbocycles. The van der Waals surface area contributed by atoms with Gasteiger partial charge >= 0.3 is 0 Å². The number of carbonyl (C=O) groups is 1. The van der Waals surface area contributed by atoms with Gasteiger partial charge in [-0.25, -0.2) is 4.99 Å². The molecule has 0 fully saturated rings. The topological polar surface area (TPSA) is 84.0 Å². The molecule has 0 bridgehead atoms. The summed E-state index contributed by atoms with van der Waals surface area (Å²) in [6.07, 6.45) is 0. The van der Waals surface area contributed by atoms with Crippen LogP contribution in [0, 0.1) is 0 Å². The predicted molar refractivity (Wildman–Crippen MR) is 95.4 cm³/mol. The van der Waals surface area contributed by atoms with Crippen LogP contribution < -0.4 is 16.0 Å². The van der Waals surface area contributed by atoms with E-state index >= 15 is 0 Å². The fraction of sp³-hybridized carbons (Fsp3) is 0.846. The summed E-state index contributed by atoms with van der Waals surface area (Å²) in [6, 6.07) is 0. The van der Waals surface area contributed by atoms with Gasteiger partial charge < -0.3 is 25.4 Å². The van der Waals surface area contributed by atoms with Crippen molar-refractivity contribution in [1.29, 1.82) is 0 Å². The number of amides is 1. The van der Waals surface area contributed by atoms with Crippen molar-refractivity contribution in [2.24, 2.45) is 4.99 Å². The highest BCUT2D eigenvalue weighted by atomic mass is 127. The van der Waals surface area contributed by atoms with Gasteiger partial charge in [0.15, 0.2) is 5.96 Å². The second-order valence-corrected chi connectivity index (χ2v) is 4.86. The maximum Gasteiger partial charge on any atom is 0.241 e. The summed E-state index contributed by atoms with van der Waals surface area (Å²) in [5, 5.41) is 8.94. The zero-order valence-electron chi connectivity index (χ0n) is 13.6. The van der Waals surface area contributed by atoms with Crippen molar-refractivity contribution in [3.63, 3.8) is 0 Å². The lowest BCUT2D eigenvalue weighted by atomic mass is 10.1. The average molecular weight is 416 g/mol. The van der Waals surface area contributed by atoms with E-state index in [-0.39, 0.29) is 42.0 Å². The van der Waals surface area contributed by atoms with E-state index in [1.165, 1.54) is 0 Å². The van der Waals surface area contributed by atoms with E-state index in [9.17, 15) is 4.79 Å². The zero-order chi connectivity index (χ0) is 15.4. The zero-order valence-corrected chi connectivity index (χ0v) is 15.9. The first-order chi connectivity index (χ1) is 9.45. The number of halogens is 1. The Bertz CT molecular complexity index is 312. The molecule has 0 aliphatic carbocycles. The standard InChI is InChI=1S/C13H28N4O3.HI/c1-6-14-12(17-10-13(2,3)20-5)16-9-11(18)15-7-8-19-4;/h6-10H2,1-5H3,(H,15,18)(H2,14,16,17);1H. The Labute approximate surface area is 144 Å². The second-order valence-electron chi connectivity index (χ2n) is 4.86. The molecule has 0 aliphatic heterocycles. The van der Waals surface area contributed by atoms with Gasteiger partial charge in [-0.3, -0.25) is 4.79 Å². The minimum atomic E-state index is -0.295. The molecule has 21 heavy (non-hydrogen) atoms. The lowest BCUT2D eigenvalue weighted by Crippen LogP contribution is -2.45. The van der Waals surface area contributed by atoms with Crippen LogP contribution in [0.1, 0.15) is 20.8 Å². The number of rotatable bonds is 9. The number of ether oxygens (including phenoxy) is 2. The van der Waals surface area contributed by atoms with Gasteiger partial charge in [-0.15, -0.1) is 24.0 Å². The van der Waals surface area contributed by atoms with Gasteiger partial charge in [-0.05, 0) is 20.8 Å². The predicted octanol–water partition coefficient (Wildman–Crippen LogP) is 0.347. The quantitative estimate of drug-likeness (QED) is 0.219. The molecule has 1 amide bonds. The van der Waals surface area contributed by atoms with Gasteiger partial charge in [0.05, 0.1) is 12.2 Å². The molecule has 0 aromatic heterocycles. The van der Waals surface area contributed by atoms with Gasteiger partial charge in [0, 0.05) is 33.9 Å². The highest BCUT2D eigenvalue weighted by Crippen LogP contribution is 2.04. The number of nitrogens with one attached hydrogen (secondary N) is 3. The summed E-state index contributed by atoms with van der Waals surface area (Å²) in [5.41, 5.74) is -0.295. The summed E-state index contributed by atoms with van der Waals surface area (Å²) in [5.74, 6) is 0.463. The number of guanidine groups is 1. The van der Waals surface area contributed by atoms with Crippen molar-refractivity contribution in [3.8, 4) is 0 Å². The Hall–Kier alpha value is -0.610. The largest absolute Gasteiger partial charge is 0.383 e. The smallest absolute Gasteiger partial charge is 0.241 e. The third kappa shape index (κ3) is 12.8. The van der Waals surface area contributed by atoms with Crippen molar-refractivity contribution in [3.05, 3.63) is 0 Å². The molecule has 0 aromatic carbocycles. The van der Waals surface area contributed by atoms with E-state index in [0.717, 1.165) is 6.54 Å². The van der Waals surface area contributed by atoms with Crippen LogP contribution in [0.4, 0.5) is 0 Å². The summed E-state index contributed by atoms with van der Waals surface area (Å²) in [4.78, 5) is 15.7. The first-order valence-electron chi connectivity index (χ1n) is 6.78. The number of aliphatic imine (C=N–C) groups is 1. The summed E-state index contributed by atoms with van der Waals surface area (Å²) in [7, 11) is 3.25. The molecular weight excluding hydrogens is 387 g/mol. The second kappa shape index (κ2) is 13.1. The van der Waals surface area contributed by atoms with Crippen LogP contribution in [-0.2, 0) is 14.3 Å². The first kappa shape index (κ1) is 22.7. The SMILES string of the molecule is CCNC(=NCC(=O)NCCOC)NCC(C)(C)OC.I. The molecule has 0 aliphatic rings. The van der Waals surface area contributed by atoms with Gasteiger partial charge in [0.2, 0.25) is 5.91 Å². The summed E-state index contributed by atoms with van der Waals surface area (Å²) >= 11 is 0. The molecule has 0 radical (unpaired) electrons. The lowest BCUT2D eigenvalue weighted by Gasteiger charge is -2.24. The lowest BCUT2D eigenvalue weighted by molar-refractivity contribution is -0.119. The number of hydrogen-bond acceptors (Lipinski definition) is 4. The Morgan fingerprint density at radius 2 is 1.86 bits per heavy atom. The summed E-state index contributed by atoms with van der Waals surface area (Å²) < 4.78 is 10.2. The minimum Gasteiger partial charge on any atom is -0.383 e. The summed E-state index contributed by atoms with van der Waals surface area (Å²) in [6.45, 7) is 8.30. The number of nitrogens with zero attached hydrogens (tertiary/aromatic N) is 1. The highest BCUT2D eigenvalue weighted by Gasteiger charge is 2.16. The van der Waals surface area contributed by atoms with E-state index in [0.29, 0.717) is 25.7 Å². The minimum absolute atomic E-state index is 0. The van der Waals surface area contributed by atoms with Crippen molar-refractivity contribution < 1.29 is 14.3 Å². The highest BCUT2D eigenvalue weighted by molar-refractivity contribution is 14.0. The van der Waals surface area contributed by atoms with Gasteiger partial charge in [-0.2, -0.15) is 0 Å². The van der Waals surface area contributed by atoms with Crippen molar-refractivity contribution in [2.75, 3.05) is 47.0 Å². The van der Waals surface area contributed by atoms with Gasteiger partial charge in [-0.1, -0.05) is 0 Å². The van der Waals surface area contributed by atoms with Gasteiger partial charge in [0.1, 0.15) is 6.54 Å². The molecule has 3 N–H and O–H groups in total. The number of methoxy groups -OCH3 is 2.